The number of hydrazone groups is 1. The van der Waals surface area contributed by atoms with Crippen LogP contribution >= 0.6 is 0 Å². The first-order valence-corrected chi connectivity index (χ1v) is 17.2. The first-order valence-electron chi connectivity index (χ1n) is 14.1. The van der Waals surface area contributed by atoms with E-state index in [0.717, 1.165) is 16.7 Å². The molecule has 0 spiro atoms. The molecule has 5 aromatic rings. The minimum absolute atomic E-state index is 0.0666. The van der Waals surface area contributed by atoms with Crippen molar-refractivity contribution in [2.24, 2.45) is 10.9 Å². The molecule has 0 radical (unpaired) electrons. The lowest BCUT2D eigenvalue weighted by molar-refractivity contribution is -0.121. The monoisotopic (exact) mass is 675 g/mol. The molecule has 0 saturated heterocycles. The summed E-state index contributed by atoms with van der Waals surface area (Å²) < 4.78 is 58.7. The molecule has 0 aliphatic heterocycles. The van der Waals surface area contributed by atoms with Crippen LogP contribution < -0.4 is 21.4 Å². The van der Waals surface area contributed by atoms with E-state index in [1.807, 2.05) is 31.2 Å². The predicted octanol–water partition coefficient (Wildman–Crippen LogP) is 3.79. The number of aryl methyl sites for hydroxylation is 1. The standard InChI is InChI=1S/C26H25N5O4S.C7H8O3S/c27-29-16-20-12-10-19(11-13-20)15-28-25(32)17-31-24-9-5-4-8-22(24)14-23(26(31)33)30-36(34,35)18-21-6-2-1-3-7-21;1-6-2-4-7(5-3-6)11(8,9)10/h1-14,16,30H,15,17-18,27H2,(H,28,32);2-5H,1H3,(H,8,9,10). The van der Waals surface area contributed by atoms with Crippen molar-refractivity contribution >= 4 is 48.9 Å². The Labute approximate surface area is 272 Å². The van der Waals surface area contributed by atoms with Crippen LogP contribution in [0.3, 0.4) is 0 Å². The number of hydrogen-bond donors (Lipinski definition) is 4. The summed E-state index contributed by atoms with van der Waals surface area (Å²) >= 11 is 0. The number of hydrogen-bond acceptors (Lipinski definition) is 8. The van der Waals surface area contributed by atoms with E-state index in [0.29, 0.717) is 16.5 Å². The van der Waals surface area contributed by atoms with Crippen molar-refractivity contribution < 1.29 is 26.2 Å². The molecule has 47 heavy (non-hydrogen) atoms. The third-order valence-corrected chi connectivity index (χ3v) is 8.89. The lowest BCUT2D eigenvalue weighted by Gasteiger charge is -2.14. The lowest BCUT2D eigenvalue weighted by atomic mass is 10.1. The van der Waals surface area contributed by atoms with Gasteiger partial charge in [-0.25, -0.2) is 8.42 Å². The molecule has 0 aliphatic carbocycles. The normalized spacial score (nSPS) is 11.5. The van der Waals surface area contributed by atoms with Crippen LogP contribution in [0, 0.1) is 6.92 Å². The first kappa shape index (κ1) is 34.6. The van der Waals surface area contributed by atoms with E-state index in [-0.39, 0.29) is 35.3 Å². The minimum Gasteiger partial charge on any atom is -0.350 e. The van der Waals surface area contributed by atoms with E-state index in [2.05, 4.69) is 15.1 Å². The summed E-state index contributed by atoms with van der Waals surface area (Å²) in [4.78, 5) is 25.9. The van der Waals surface area contributed by atoms with Crippen LogP contribution in [0.25, 0.3) is 10.9 Å². The van der Waals surface area contributed by atoms with Gasteiger partial charge >= 0.3 is 0 Å². The highest BCUT2D eigenvalue weighted by Crippen LogP contribution is 2.18. The van der Waals surface area contributed by atoms with E-state index < -0.39 is 25.7 Å². The second kappa shape index (κ2) is 15.3. The molecule has 4 aromatic carbocycles. The molecule has 14 heteroatoms. The van der Waals surface area contributed by atoms with E-state index in [9.17, 15) is 26.4 Å². The van der Waals surface area contributed by atoms with Crippen molar-refractivity contribution in [3.8, 4) is 0 Å². The van der Waals surface area contributed by atoms with E-state index >= 15 is 0 Å². The van der Waals surface area contributed by atoms with E-state index in [1.165, 1.54) is 29.0 Å². The zero-order valence-corrected chi connectivity index (χ0v) is 26.9. The lowest BCUT2D eigenvalue weighted by Crippen LogP contribution is -2.33. The number of anilines is 1. The number of sulfonamides is 1. The van der Waals surface area contributed by atoms with Crippen molar-refractivity contribution in [3.05, 3.63) is 142 Å². The minimum atomic E-state index is -4.02. The summed E-state index contributed by atoms with van der Waals surface area (Å²) in [5.74, 6) is 4.48. The molecule has 1 heterocycles. The van der Waals surface area contributed by atoms with Crippen LogP contribution in [0.5, 0.6) is 0 Å². The molecule has 1 amide bonds. The number of nitrogens with zero attached hydrogens (tertiary/aromatic N) is 2. The number of pyridine rings is 1. The number of para-hydroxylation sites is 1. The van der Waals surface area contributed by atoms with Gasteiger partial charge in [0.1, 0.15) is 12.2 Å². The van der Waals surface area contributed by atoms with Gasteiger partial charge in [-0.3, -0.25) is 23.4 Å². The van der Waals surface area contributed by atoms with Crippen molar-refractivity contribution in [1.82, 2.24) is 9.88 Å². The molecule has 244 valence electrons. The summed E-state index contributed by atoms with van der Waals surface area (Å²) in [6.45, 7) is 1.83. The highest BCUT2D eigenvalue weighted by Gasteiger charge is 2.18. The summed E-state index contributed by atoms with van der Waals surface area (Å²) in [7, 11) is -7.88. The Morgan fingerprint density at radius 1 is 0.872 bits per heavy atom. The van der Waals surface area contributed by atoms with Crippen LogP contribution in [-0.2, 0) is 43.8 Å². The maximum Gasteiger partial charge on any atom is 0.294 e. The SMILES string of the molecule is Cc1ccc(S(=O)(=O)O)cc1.NN=Cc1ccc(CNC(=O)Cn2c(=O)c(NS(=O)(=O)Cc3ccccc3)cc3ccccc32)cc1. The Morgan fingerprint density at radius 3 is 2.15 bits per heavy atom. The summed E-state index contributed by atoms with van der Waals surface area (Å²) in [5.41, 5.74) is 3.04. The molecule has 5 rings (SSSR count). The summed E-state index contributed by atoms with van der Waals surface area (Å²) in [6.07, 6.45) is 1.51. The number of amides is 1. The molecule has 0 aliphatic rings. The second-order valence-electron chi connectivity index (χ2n) is 10.4. The predicted molar refractivity (Wildman–Crippen MR) is 182 cm³/mol. The van der Waals surface area contributed by atoms with Crippen molar-refractivity contribution in [3.63, 3.8) is 0 Å². The quantitative estimate of drug-likeness (QED) is 0.0744. The average molecular weight is 676 g/mol. The van der Waals surface area contributed by atoms with Crippen LogP contribution in [0.4, 0.5) is 5.69 Å². The van der Waals surface area contributed by atoms with Gasteiger partial charge in [0.25, 0.3) is 15.7 Å². The Balaban J connectivity index is 0.000000385. The zero-order valence-electron chi connectivity index (χ0n) is 25.3. The third-order valence-electron chi connectivity index (χ3n) is 6.78. The van der Waals surface area contributed by atoms with Crippen LogP contribution in [0.2, 0.25) is 0 Å². The van der Waals surface area contributed by atoms with Crippen molar-refractivity contribution in [1.29, 1.82) is 0 Å². The zero-order chi connectivity index (χ0) is 34.0. The number of carbonyl (C=O) groups excluding carboxylic acids is 1. The number of aromatic nitrogens is 1. The molecular formula is C33H33N5O7S2. The van der Waals surface area contributed by atoms with Crippen LogP contribution in [0.15, 0.2) is 124 Å². The number of rotatable bonds is 10. The topological polar surface area (TPSA) is 190 Å². The molecule has 12 nitrogen and oxygen atoms in total. The van der Waals surface area contributed by atoms with Gasteiger partial charge in [-0.2, -0.15) is 13.5 Å². The second-order valence-corrected chi connectivity index (χ2v) is 13.6. The molecule has 5 N–H and O–H groups in total. The van der Waals surface area contributed by atoms with E-state index in [4.69, 9.17) is 10.4 Å². The molecule has 0 saturated carbocycles. The van der Waals surface area contributed by atoms with Crippen LogP contribution in [0.1, 0.15) is 22.3 Å². The van der Waals surface area contributed by atoms with Gasteiger partial charge in [-0.15, -0.1) is 0 Å². The highest BCUT2D eigenvalue weighted by molar-refractivity contribution is 7.91. The molecular weight excluding hydrogens is 643 g/mol. The van der Waals surface area contributed by atoms with Gasteiger partial charge in [-0.05, 0) is 47.9 Å². The Bertz CT molecular complexity index is 2150. The van der Waals surface area contributed by atoms with Crippen LogP contribution in [-0.4, -0.2) is 38.1 Å². The smallest absolute Gasteiger partial charge is 0.294 e. The fraction of sp³-hybridized carbons (Fsp3) is 0.121. The molecule has 0 atom stereocenters. The van der Waals surface area contributed by atoms with Crippen molar-refractivity contribution in [2.75, 3.05) is 4.72 Å². The number of carbonyl (C=O) groups is 1. The van der Waals surface area contributed by atoms with Gasteiger partial charge < -0.3 is 11.2 Å². The molecule has 0 unspecified atom stereocenters. The van der Waals surface area contributed by atoms with Gasteiger partial charge in [0, 0.05) is 11.9 Å². The Hall–Kier alpha value is -5.31. The maximum absolute atomic E-state index is 13.3. The fourth-order valence-corrected chi connectivity index (χ4v) is 6.14. The summed E-state index contributed by atoms with van der Waals surface area (Å²) in [5, 5.41) is 6.89. The molecule has 0 bridgehead atoms. The van der Waals surface area contributed by atoms with Gasteiger partial charge in [0.2, 0.25) is 15.9 Å². The average Bonchev–Trinajstić information content (AvgIpc) is 3.03. The van der Waals surface area contributed by atoms with Gasteiger partial charge in [0.05, 0.1) is 22.4 Å². The highest BCUT2D eigenvalue weighted by atomic mass is 32.2. The number of nitrogens with two attached hydrogens (primary N) is 1. The van der Waals surface area contributed by atoms with E-state index in [1.54, 1.807) is 66.7 Å². The Morgan fingerprint density at radius 2 is 1.51 bits per heavy atom. The first-order chi connectivity index (χ1) is 22.3. The number of fused-ring (bicyclic) bond motifs is 1. The van der Waals surface area contributed by atoms with Gasteiger partial charge in [-0.1, -0.05) is 90.5 Å². The molecule has 1 aromatic heterocycles. The maximum atomic E-state index is 13.3. The largest absolute Gasteiger partial charge is 0.350 e. The van der Waals surface area contributed by atoms with Crippen molar-refractivity contribution in [2.45, 2.75) is 30.7 Å². The summed E-state index contributed by atoms with van der Waals surface area (Å²) in [6, 6.07) is 30.5. The number of nitrogens with one attached hydrogen (secondary N) is 2. The van der Waals surface area contributed by atoms with Gasteiger partial charge in [0.15, 0.2) is 0 Å². The Kier molecular flexibility index (Phi) is 11.3. The fourth-order valence-electron chi connectivity index (χ4n) is 4.47. The number of benzene rings is 4. The molecule has 0 fully saturated rings. The third kappa shape index (κ3) is 10.1.